The SMILES string of the molecule is O=C(COC(=O)CCCN1C(=O)CNC1=O)Nc1ccc2c(c1)CCC2. The molecule has 4 amide bonds. The van der Waals surface area contributed by atoms with E-state index >= 15 is 0 Å². The number of imide groups is 1. The van der Waals surface area contributed by atoms with Crippen LogP contribution in [-0.2, 0) is 32.0 Å². The molecule has 8 heteroatoms. The molecular weight excluding hydrogens is 338 g/mol. The molecule has 138 valence electrons. The Bertz CT molecular complexity index is 730. The Kier molecular flexibility index (Phi) is 5.50. The number of carbonyl (C=O) groups is 4. The van der Waals surface area contributed by atoms with Gasteiger partial charge in [0.25, 0.3) is 5.91 Å². The first-order valence-corrected chi connectivity index (χ1v) is 8.68. The van der Waals surface area contributed by atoms with Gasteiger partial charge in [-0.25, -0.2) is 4.79 Å². The summed E-state index contributed by atoms with van der Waals surface area (Å²) in [6, 6.07) is 5.37. The number of fused-ring (bicyclic) bond motifs is 1. The summed E-state index contributed by atoms with van der Waals surface area (Å²) in [7, 11) is 0. The van der Waals surface area contributed by atoms with Gasteiger partial charge in [0.15, 0.2) is 6.61 Å². The molecule has 0 unspecified atom stereocenters. The van der Waals surface area contributed by atoms with E-state index in [1.54, 1.807) is 0 Å². The summed E-state index contributed by atoms with van der Waals surface area (Å²) in [6.07, 6.45) is 3.56. The summed E-state index contributed by atoms with van der Waals surface area (Å²) in [5, 5.41) is 5.12. The maximum Gasteiger partial charge on any atom is 0.324 e. The van der Waals surface area contributed by atoms with Gasteiger partial charge in [-0.1, -0.05) is 6.07 Å². The normalized spacial score (nSPS) is 15.6. The minimum absolute atomic E-state index is 0.00779. The number of urea groups is 1. The fraction of sp³-hybridized carbons (Fsp3) is 0.444. The Morgan fingerprint density at radius 2 is 2.00 bits per heavy atom. The van der Waals surface area contributed by atoms with E-state index in [-0.39, 0.29) is 32.0 Å². The van der Waals surface area contributed by atoms with Gasteiger partial charge in [-0.2, -0.15) is 0 Å². The highest BCUT2D eigenvalue weighted by Crippen LogP contribution is 2.24. The topological polar surface area (TPSA) is 105 Å². The second-order valence-electron chi connectivity index (χ2n) is 6.35. The van der Waals surface area contributed by atoms with Crippen molar-refractivity contribution in [1.82, 2.24) is 10.2 Å². The summed E-state index contributed by atoms with van der Waals surface area (Å²) in [6.45, 7) is -0.216. The van der Waals surface area contributed by atoms with Crippen LogP contribution in [-0.4, -0.2) is 48.4 Å². The zero-order valence-electron chi connectivity index (χ0n) is 14.4. The third-order valence-electron chi connectivity index (χ3n) is 4.45. The van der Waals surface area contributed by atoms with Crippen molar-refractivity contribution in [3.8, 4) is 0 Å². The molecule has 1 aliphatic heterocycles. The van der Waals surface area contributed by atoms with Gasteiger partial charge in [0.05, 0.1) is 6.54 Å². The number of benzene rings is 1. The quantitative estimate of drug-likeness (QED) is 0.558. The lowest BCUT2D eigenvalue weighted by Gasteiger charge is -2.11. The third-order valence-corrected chi connectivity index (χ3v) is 4.45. The van der Waals surface area contributed by atoms with Gasteiger partial charge >= 0.3 is 12.0 Å². The highest BCUT2D eigenvalue weighted by atomic mass is 16.5. The molecule has 1 aromatic rings. The van der Waals surface area contributed by atoms with E-state index in [9.17, 15) is 19.2 Å². The average molecular weight is 359 g/mol. The molecule has 0 spiro atoms. The largest absolute Gasteiger partial charge is 0.456 e. The van der Waals surface area contributed by atoms with Crippen LogP contribution in [0.15, 0.2) is 18.2 Å². The molecule has 8 nitrogen and oxygen atoms in total. The van der Waals surface area contributed by atoms with Crippen LogP contribution in [0.2, 0.25) is 0 Å². The molecule has 2 N–H and O–H groups in total. The van der Waals surface area contributed by atoms with Crippen LogP contribution >= 0.6 is 0 Å². The lowest BCUT2D eigenvalue weighted by molar-refractivity contribution is -0.147. The maximum atomic E-state index is 11.9. The standard InChI is InChI=1S/C18H21N3O5/c22-15(20-14-7-6-12-3-1-4-13(12)9-14)11-26-17(24)5-2-8-21-16(23)10-19-18(21)25/h6-7,9H,1-5,8,10-11H2,(H,19,25)(H,20,22). The Labute approximate surface area is 150 Å². The molecule has 1 aromatic carbocycles. The van der Waals surface area contributed by atoms with E-state index in [0.717, 1.165) is 24.2 Å². The second-order valence-corrected chi connectivity index (χ2v) is 6.35. The van der Waals surface area contributed by atoms with E-state index in [2.05, 4.69) is 10.6 Å². The highest BCUT2D eigenvalue weighted by molar-refractivity contribution is 6.01. The number of nitrogens with one attached hydrogen (secondary N) is 2. The number of carbonyl (C=O) groups excluding carboxylic acids is 4. The molecule has 3 rings (SSSR count). The van der Waals surface area contributed by atoms with Gasteiger partial charge in [0, 0.05) is 18.7 Å². The second kappa shape index (κ2) is 7.99. The lowest BCUT2D eigenvalue weighted by atomic mass is 10.1. The van der Waals surface area contributed by atoms with Crippen LogP contribution in [0.25, 0.3) is 0 Å². The summed E-state index contributed by atoms with van der Waals surface area (Å²) in [5.41, 5.74) is 3.27. The van der Waals surface area contributed by atoms with Crippen LogP contribution in [0.5, 0.6) is 0 Å². The first kappa shape index (κ1) is 17.9. The molecule has 1 heterocycles. The van der Waals surface area contributed by atoms with Gasteiger partial charge in [0.2, 0.25) is 5.91 Å². The van der Waals surface area contributed by atoms with Crippen LogP contribution in [0.3, 0.4) is 0 Å². The van der Waals surface area contributed by atoms with Gasteiger partial charge in [-0.15, -0.1) is 0 Å². The Hall–Kier alpha value is -2.90. The number of hydrogen-bond donors (Lipinski definition) is 2. The van der Waals surface area contributed by atoms with E-state index in [1.807, 2.05) is 18.2 Å². The van der Waals surface area contributed by atoms with Crippen LogP contribution in [0, 0.1) is 0 Å². The minimum atomic E-state index is -0.541. The van der Waals surface area contributed by atoms with Crippen molar-refractivity contribution < 1.29 is 23.9 Å². The van der Waals surface area contributed by atoms with E-state index in [0.29, 0.717) is 12.1 Å². The van der Waals surface area contributed by atoms with Crippen molar-refractivity contribution >= 4 is 29.5 Å². The van der Waals surface area contributed by atoms with Crippen molar-refractivity contribution in [3.05, 3.63) is 29.3 Å². The van der Waals surface area contributed by atoms with E-state index in [4.69, 9.17) is 4.74 Å². The van der Waals surface area contributed by atoms with E-state index < -0.39 is 17.9 Å². The fourth-order valence-corrected chi connectivity index (χ4v) is 3.13. The predicted molar refractivity (Wildman–Crippen MR) is 92.4 cm³/mol. The molecule has 0 atom stereocenters. The molecule has 1 fully saturated rings. The maximum absolute atomic E-state index is 11.9. The first-order chi connectivity index (χ1) is 12.5. The van der Waals surface area contributed by atoms with Crippen molar-refractivity contribution in [2.24, 2.45) is 0 Å². The van der Waals surface area contributed by atoms with Crippen molar-refractivity contribution in [3.63, 3.8) is 0 Å². The van der Waals surface area contributed by atoms with Crippen molar-refractivity contribution in [1.29, 1.82) is 0 Å². The highest BCUT2D eigenvalue weighted by Gasteiger charge is 2.27. The summed E-state index contributed by atoms with van der Waals surface area (Å²) in [4.78, 5) is 47.4. The van der Waals surface area contributed by atoms with Gasteiger partial charge in [0.1, 0.15) is 0 Å². The predicted octanol–water partition coefficient (Wildman–Crippen LogP) is 0.989. The van der Waals surface area contributed by atoms with Crippen LogP contribution < -0.4 is 10.6 Å². The fourth-order valence-electron chi connectivity index (χ4n) is 3.13. The lowest BCUT2D eigenvalue weighted by Crippen LogP contribution is -2.32. The summed E-state index contributed by atoms with van der Waals surface area (Å²) >= 11 is 0. The molecule has 0 bridgehead atoms. The number of esters is 1. The van der Waals surface area contributed by atoms with Crippen LogP contribution in [0.1, 0.15) is 30.4 Å². The number of ether oxygens (including phenoxy) is 1. The third kappa shape index (κ3) is 4.38. The average Bonchev–Trinajstić information content (AvgIpc) is 3.20. The molecular formula is C18H21N3O5. The van der Waals surface area contributed by atoms with Crippen LogP contribution in [0.4, 0.5) is 10.5 Å². The number of hydrogen-bond acceptors (Lipinski definition) is 5. The number of anilines is 1. The van der Waals surface area contributed by atoms with Crippen molar-refractivity contribution in [2.75, 3.05) is 25.0 Å². The Morgan fingerprint density at radius 1 is 1.19 bits per heavy atom. The Balaban J connectivity index is 1.35. The zero-order chi connectivity index (χ0) is 18.5. The van der Waals surface area contributed by atoms with Gasteiger partial charge in [-0.05, 0) is 48.9 Å². The smallest absolute Gasteiger partial charge is 0.324 e. The number of nitrogens with zero attached hydrogens (tertiary/aromatic N) is 1. The summed E-state index contributed by atoms with van der Waals surface area (Å²) < 4.78 is 4.93. The molecule has 0 aromatic heterocycles. The number of amides is 4. The van der Waals surface area contributed by atoms with Gasteiger partial charge in [-0.3, -0.25) is 19.3 Å². The minimum Gasteiger partial charge on any atom is -0.456 e. The molecule has 26 heavy (non-hydrogen) atoms. The zero-order valence-corrected chi connectivity index (χ0v) is 14.4. The summed E-state index contributed by atoms with van der Waals surface area (Å²) in [5.74, 6) is -1.25. The molecule has 1 saturated heterocycles. The van der Waals surface area contributed by atoms with Crippen molar-refractivity contribution in [2.45, 2.75) is 32.1 Å². The molecule has 2 aliphatic rings. The van der Waals surface area contributed by atoms with E-state index in [1.165, 1.54) is 11.1 Å². The number of aryl methyl sites for hydroxylation is 2. The molecule has 0 saturated carbocycles. The number of rotatable bonds is 7. The van der Waals surface area contributed by atoms with Gasteiger partial charge < -0.3 is 15.4 Å². The molecule has 1 aliphatic carbocycles. The first-order valence-electron chi connectivity index (χ1n) is 8.68. The monoisotopic (exact) mass is 359 g/mol. The molecule has 0 radical (unpaired) electrons. The Morgan fingerprint density at radius 3 is 2.77 bits per heavy atom.